The fourth-order valence-electron chi connectivity index (χ4n) is 3.13. The Labute approximate surface area is 150 Å². The smallest absolute Gasteiger partial charge is 0.265 e. The molecule has 1 aromatic heterocycles. The molecule has 0 unspecified atom stereocenters. The molecule has 3 heterocycles. The maximum absolute atomic E-state index is 13.5. The molecule has 1 amide bonds. The molecule has 0 aliphatic carbocycles. The van der Waals surface area contributed by atoms with E-state index in [0.717, 1.165) is 5.56 Å². The molecule has 2 aromatic rings. The van der Waals surface area contributed by atoms with Gasteiger partial charge in [-0.1, -0.05) is 18.2 Å². The van der Waals surface area contributed by atoms with Gasteiger partial charge in [-0.25, -0.2) is 13.8 Å². The molecule has 1 aromatic carbocycles. The highest BCUT2D eigenvalue weighted by Crippen LogP contribution is 2.31. The molecule has 1 saturated heterocycles. The van der Waals surface area contributed by atoms with Crippen LogP contribution in [-0.4, -0.2) is 35.0 Å². The van der Waals surface area contributed by atoms with Gasteiger partial charge < -0.3 is 15.3 Å². The number of amides is 1. The monoisotopic (exact) mass is 361 g/mol. The lowest BCUT2D eigenvalue weighted by atomic mass is 10.1. The minimum Gasteiger partial charge on any atom is -0.508 e. The van der Waals surface area contributed by atoms with Gasteiger partial charge in [-0.2, -0.15) is 0 Å². The number of fused-ring (bicyclic) bond motifs is 1. The van der Waals surface area contributed by atoms with Crippen LogP contribution in [-0.2, 0) is 6.54 Å². The van der Waals surface area contributed by atoms with Gasteiger partial charge in [0, 0.05) is 13.0 Å². The Bertz CT molecular complexity index is 797. The Morgan fingerprint density at radius 2 is 2.00 bits per heavy atom. The number of phenolic OH excluding ortho intramolecular Hbond substituents is 1. The topological polar surface area (TPSA) is 65.5 Å². The molecular weight excluding hydrogens is 340 g/mol. The maximum atomic E-state index is 13.5. The molecule has 0 bridgehead atoms. The van der Waals surface area contributed by atoms with Crippen LogP contribution < -0.4 is 10.2 Å². The Morgan fingerprint density at radius 3 is 2.62 bits per heavy atom. The number of carbonyl (C=O) groups excluding carboxylic acids is 1. The summed E-state index contributed by atoms with van der Waals surface area (Å²) in [5, 5.41) is 11.3. The molecule has 0 radical (unpaired) electrons. The number of aryl methyl sites for hydroxylation is 1. The van der Waals surface area contributed by atoms with E-state index in [1.54, 1.807) is 42.2 Å². The van der Waals surface area contributed by atoms with Crippen molar-refractivity contribution in [3.05, 3.63) is 53.2 Å². The zero-order valence-electron chi connectivity index (χ0n) is 14.5. The molecule has 4 rings (SSSR count). The first-order valence-corrected chi connectivity index (χ1v) is 8.51. The summed E-state index contributed by atoms with van der Waals surface area (Å²) in [6.45, 7) is 2.48. The second kappa shape index (κ2) is 7.27. The van der Waals surface area contributed by atoms with E-state index >= 15 is 0 Å². The van der Waals surface area contributed by atoms with Gasteiger partial charge in [0.1, 0.15) is 11.6 Å². The van der Waals surface area contributed by atoms with E-state index in [9.17, 15) is 13.6 Å². The summed E-state index contributed by atoms with van der Waals surface area (Å²) in [6, 6.07) is 10.5. The molecule has 138 valence electrons. The third-order valence-corrected chi connectivity index (χ3v) is 4.37. The Kier molecular flexibility index (Phi) is 5.06. The minimum absolute atomic E-state index is 0.0620. The van der Waals surface area contributed by atoms with Crippen LogP contribution in [0.3, 0.4) is 0 Å². The molecular formula is C19H21F2N3O2. The van der Waals surface area contributed by atoms with E-state index in [1.165, 1.54) is 0 Å². The molecule has 2 N–H and O–H groups in total. The van der Waals surface area contributed by atoms with Crippen molar-refractivity contribution >= 4 is 11.7 Å². The third kappa shape index (κ3) is 4.09. The Balaban J connectivity index is 0.000000236. The Morgan fingerprint density at radius 1 is 1.27 bits per heavy atom. The number of pyridine rings is 1. The molecule has 0 spiro atoms. The molecule has 2 aliphatic heterocycles. The lowest BCUT2D eigenvalue weighted by Crippen LogP contribution is -2.43. The zero-order chi connectivity index (χ0) is 18.7. The number of anilines is 1. The Hall–Kier alpha value is -2.70. The van der Waals surface area contributed by atoms with E-state index in [-0.39, 0.29) is 18.9 Å². The number of phenols is 1. The fraction of sp³-hybridized carbons (Fsp3) is 0.368. The number of nitrogens with one attached hydrogen (secondary N) is 1. The van der Waals surface area contributed by atoms with Crippen molar-refractivity contribution in [3.8, 4) is 5.75 Å². The number of benzene rings is 1. The highest BCUT2D eigenvalue weighted by molar-refractivity contribution is 5.98. The number of halogens is 2. The van der Waals surface area contributed by atoms with Gasteiger partial charge in [0.2, 0.25) is 0 Å². The number of piperidine rings is 1. The van der Waals surface area contributed by atoms with Gasteiger partial charge in [0.05, 0.1) is 24.3 Å². The van der Waals surface area contributed by atoms with Crippen molar-refractivity contribution in [2.24, 2.45) is 0 Å². The number of nitrogens with zero attached hydrogens (tertiary/aromatic N) is 2. The second-order valence-corrected chi connectivity index (χ2v) is 6.52. The van der Waals surface area contributed by atoms with Crippen molar-refractivity contribution in [1.29, 1.82) is 0 Å². The number of aromatic hydroxyl groups is 1. The van der Waals surface area contributed by atoms with Crippen LogP contribution in [0.2, 0.25) is 0 Å². The molecule has 0 atom stereocenters. The van der Waals surface area contributed by atoms with Gasteiger partial charge in [0.25, 0.3) is 11.8 Å². The normalized spacial score (nSPS) is 17.8. The molecule has 1 fully saturated rings. The van der Waals surface area contributed by atoms with Gasteiger partial charge in [-0.15, -0.1) is 0 Å². The summed E-state index contributed by atoms with van der Waals surface area (Å²) >= 11 is 0. The number of hydrogen-bond donors (Lipinski definition) is 2. The summed E-state index contributed by atoms with van der Waals surface area (Å²) in [4.78, 5) is 17.6. The maximum Gasteiger partial charge on any atom is 0.265 e. The number of aromatic nitrogens is 1. The summed E-state index contributed by atoms with van der Waals surface area (Å²) in [7, 11) is 0. The first-order valence-electron chi connectivity index (χ1n) is 8.51. The predicted molar refractivity (Wildman–Crippen MR) is 94.6 cm³/mol. The van der Waals surface area contributed by atoms with Crippen LogP contribution in [0.4, 0.5) is 14.6 Å². The molecule has 2 aliphatic rings. The number of para-hydroxylation sites is 1. The van der Waals surface area contributed by atoms with Crippen LogP contribution in [0.25, 0.3) is 0 Å². The molecule has 0 saturated carbocycles. The lowest BCUT2D eigenvalue weighted by Gasteiger charge is -2.34. The van der Waals surface area contributed by atoms with Gasteiger partial charge >= 0.3 is 0 Å². The first-order chi connectivity index (χ1) is 12.4. The van der Waals surface area contributed by atoms with E-state index in [1.807, 2.05) is 6.07 Å². The average molecular weight is 361 g/mol. The van der Waals surface area contributed by atoms with Crippen molar-refractivity contribution < 1.29 is 18.7 Å². The van der Waals surface area contributed by atoms with E-state index < -0.39 is 5.92 Å². The second-order valence-electron chi connectivity index (χ2n) is 6.52. The number of carbonyl (C=O) groups is 1. The molecule has 26 heavy (non-hydrogen) atoms. The van der Waals surface area contributed by atoms with Crippen molar-refractivity contribution in [3.63, 3.8) is 0 Å². The highest BCUT2D eigenvalue weighted by atomic mass is 19.3. The van der Waals surface area contributed by atoms with Crippen LogP contribution in [0.1, 0.15) is 34.5 Å². The van der Waals surface area contributed by atoms with Gasteiger partial charge in [-0.05, 0) is 37.1 Å². The summed E-state index contributed by atoms with van der Waals surface area (Å²) in [6.07, 6.45) is 0.399. The van der Waals surface area contributed by atoms with Gasteiger partial charge in [-0.3, -0.25) is 4.79 Å². The minimum atomic E-state index is -2.65. The highest BCUT2D eigenvalue weighted by Gasteiger charge is 2.36. The summed E-state index contributed by atoms with van der Waals surface area (Å²) in [5.74, 6) is -1.89. The first kappa shape index (κ1) is 18.1. The van der Waals surface area contributed by atoms with Crippen molar-refractivity contribution in [2.45, 2.75) is 32.2 Å². The largest absolute Gasteiger partial charge is 0.508 e. The third-order valence-electron chi connectivity index (χ3n) is 4.37. The van der Waals surface area contributed by atoms with Gasteiger partial charge in [0.15, 0.2) is 0 Å². The van der Waals surface area contributed by atoms with Crippen LogP contribution in [0.5, 0.6) is 5.75 Å². The summed E-state index contributed by atoms with van der Waals surface area (Å²) < 4.78 is 26.9. The number of alkyl halides is 2. The number of rotatable bonds is 1. The van der Waals surface area contributed by atoms with E-state index in [2.05, 4.69) is 10.3 Å². The number of hydrogen-bond acceptors (Lipinski definition) is 4. The summed E-state index contributed by atoms with van der Waals surface area (Å²) in [5.41, 5.74) is 1.98. The zero-order valence-corrected chi connectivity index (χ0v) is 14.5. The average Bonchev–Trinajstić information content (AvgIpc) is 2.95. The van der Waals surface area contributed by atoms with Crippen molar-refractivity contribution in [2.75, 3.05) is 18.0 Å². The predicted octanol–water partition coefficient (Wildman–Crippen LogP) is 3.26. The SMILES string of the molecule is Cc1cc2c(nc1N1CCCC(F)(F)C1)CNC2=O.Oc1ccccc1. The van der Waals surface area contributed by atoms with Crippen LogP contribution in [0, 0.1) is 6.92 Å². The lowest BCUT2D eigenvalue weighted by molar-refractivity contribution is -0.0119. The fourth-order valence-corrected chi connectivity index (χ4v) is 3.13. The molecule has 7 heteroatoms. The van der Waals surface area contributed by atoms with E-state index in [4.69, 9.17) is 5.11 Å². The van der Waals surface area contributed by atoms with E-state index in [0.29, 0.717) is 42.3 Å². The van der Waals surface area contributed by atoms with Crippen LogP contribution in [0.15, 0.2) is 36.4 Å². The van der Waals surface area contributed by atoms with Crippen molar-refractivity contribution in [1.82, 2.24) is 10.3 Å². The molecule has 5 nitrogen and oxygen atoms in total. The van der Waals surface area contributed by atoms with Crippen LogP contribution >= 0.6 is 0 Å². The standard InChI is InChI=1S/C13H15F2N3O.C6H6O/c1-8-5-9-10(6-16-12(9)19)17-11(8)18-4-2-3-13(14,15)7-18;7-6-4-2-1-3-5-6/h5H,2-4,6-7H2,1H3,(H,16,19);1-5,7H. The quantitative estimate of drug-likeness (QED) is 0.818.